The summed E-state index contributed by atoms with van der Waals surface area (Å²) < 4.78 is 13.2. The van der Waals surface area contributed by atoms with Gasteiger partial charge in [0.05, 0.1) is 0 Å². The third-order valence-electron chi connectivity index (χ3n) is 3.60. The lowest BCUT2D eigenvalue weighted by Crippen LogP contribution is -2.27. The molecule has 2 unspecified atom stereocenters. The number of halogens is 1. The molecule has 0 saturated carbocycles. The van der Waals surface area contributed by atoms with E-state index in [-0.39, 0.29) is 5.82 Å². The van der Waals surface area contributed by atoms with Crippen LogP contribution in [0.15, 0.2) is 18.2 Å². The molecule has 15 heavy (non-hydrogen) atoms. The molecule has 2 atom stereocenters. The lowest BCUT2D eigenvalue weighted by molar-refractivity contribution is 0.370. The summed E-state index contributed by atoms with van der Waals surface area (Å²) in [4.78, 5) is 0. The summed E-state index contributed by atoms with van der Waals surface area (Å²) in [5, 5.41) is 0. The van der Waals surface area contributed by atoms with Crippen molar-refractivity contribution in [2.45, 2.75) is 32.1 Å². The molecule has 0 radical (unpaired) electrons. The second-order valence-corrected chi connectivity index (χ2v) is 4.39. The number of hydrogen-bond donors (Lipinski definition) is 1. The van der Waals surface area contributed by atoms with E-state index < -0.39 is 0 Å². The molecule has 2 heteroatoms. The fraction of sp³-hybridized carbons (Fsp3) is 0.538. The van der Waals surface area contributed by atoms with Crippen molar-refractivity contribution < 1.29 is 4.39 Å². The first-order valence-electron chi connectivity index (χ1n) is 5.74. The predicted molar refractivity (Wildman–Crippen MR) is 60.3 cm³/mol. The van der Waals surface area contributed by atoms with Gasteiger partial charge in [-0.15, -0.1) is 0 Å². The molecule has 1 nitrogen and oxygen atoms in total. The van der Waals surface area contributed by atoms with Crippen LogP contribution in [0.2, 0.25) is 0 Å². The first-order chi connectivity index (χ1) is 7.26. The Hall–Kier alpha value is -0.890. The van der Waals surface area contributed by atoms with Crippen LogP contribution in [0.25, 0.3) is 0 Å². The average molecular weight is 207 g/mol. The Morgan fingerprint density at radius 2 is 2.27 bits per heavy atom. The van der Waals surface area contributed by atoms with Crippen molar-refractivity contribution >= 4 is 0 Å². The van der Waals surface area contributed by atoms with Gasteiger partial charge in [-0.05, 0) is 60.9 Å². The molecule has 0 bridgehead atoms. The number of nitrogens with two attached hydrogens (primary N) is 1. The zero-order valence-electron chi connectivity index (χ0n) is 9.17. The van der Waals surface area contributed by atoms with Gasteiger partial charge in [-0.1, -0.05) is 13.0 Å². The van der Waals surface area contributed by atoms with Crippen LogP contribution >= 0.6 is 0 Å². The number of aryl methyl sites for hydroxylation is 1. The van der Waals surface area contributed by atoms with Crippen LogP contribution in [0.4, 0.5) is 4.39 Å². The van der Waals surface area contributed by atoms with Gasteiger partial charge in [0.1, 0.15) is 5.82 Å². The molecule has 0 saturated heterocycles. The van der Waals surface area contributed by atoms with Crippen LogP contribution in [0, 0.1) is 11.7 Å². The minimum atomic E-state index is -0.120. The van der Waals surface area contributed by atoms with Crippen molar-refractivity contribution in [3.63, 3.8) is 0 Å². The Morgan fingerprint density at radius 3 is 2.93 bits per heavy atom. The first-order valence-corrected chi connectivity index (χ1v) is 5.74. The van der Waals surface area contributed by atoms with E-state index in [1.807, 2.05) is 6.07 Å². The molecule has 0 spiro atoms. The van der Waals surface area contributed by atoms with Crippen molar-refractivity contribution in [1.29, 1.82) is 0 Å². The zero-order chi connectivity index (χ0) is 10.8. The molecule has 1 aliphatic rings. The molecule has 0 aliphatic heterocycles. The summed E-state index contributed by atoms with van der Waals surface area (Å²) in [6.07, 6.45) is 3.25. The quantitative estimate of drug-likeness (QED) is 0.793. The van der Waals surface area contributed by atoms with E-state index in [4.69, 9.17) is 5.73 Å². The molecule has 2 N–H and O–H groups in total. The maximum Gasteiger partial charge on any atom is 0.123 e. The van der Waals surface area contributed by atoms with E-state index in [0.29, 0.717) is 18.4 Å². The van der Waals surface area contributed by atoms with Gasteiger partial charge in [0, 0.05) is 0 Å². The maximum absolute atomic E-state index is 13.2. The third kappa shape index (κ3) is 1.91. The Labute approximate surface area is 90.5 Å². The second-order valence-electron chi connectivity index (χ2n) is 4.39. The summed E-state index contributed by atoms with van der Waals surface area (Å²) in [6.45, 7) is 2.88. The van der Waals surface area contributed by atoms with Gasteiger partial charge >= 0.3 is 0 Å². The largest absolute Gasteiger partial charge is 0.330 e. The normalized spacial score (nSPS) is 25.0. The molecule has 1 aromatic rings. The lowest BCUT2D eigenvalue weighted by atomic mass is 9.74. The fourth-order valence-corrected chi connectivity index (χ4v) is 2.77. The average Bonchev–Trinajstić information content (AvgIpc) is 2.27. The highest BCUT2D eigenvalue weighted by atomic mass is 19.1. The Kier molecular flexibility index (Phi) is 3.06. The molecule has 1 aliphatic carbocycles. The van der Waals surface area contributed by atoms with Gasteiger partial charge in [0.2, 0.25) is 0 Å². The van der Waals surface area contributed by atoms with E-state index >= 15 is 0 Å². The minimum absolute atomic E-state index is 0.120. The topological polar surface area (TPSA) is 26.0 Å². The molecule has 1 aromatic carbocycles. The van der Waals surface area contributed by atoms with E-state index in [2.05, 4.69) is 6.92 Å². The standard InChI is InChI=1S/C13H18FN/c1-2-12-10(8-15)4-3-9-5-6-11(14)7-13(9)12/h5-7,10,12H,2-4,8,15H2,1H3. The Bertz CT molecular complexity index is 348. The van der Waals surface area contributed by atoms with Crippen molar-refractivity contribution in [2.24, 2.45) is 11.7 Å². The van der Waals surface area contributed by atoms with E-state index in [0.717, 1.165) is 19.3 Å². The lowest BCUT2D eigenvalue weighted by Gasteiger charge is -2.32. The minimum Gasteiger partial charge on any atom is -0.330 e. The molecular formula is C13H18FN. The van der Waals surface area contributed by atoms with Crippen LogP contribution in [0.3, 0.4) is 0 Å². The smallest absolute Gasteiger partial charge is 0.123 e. The SMILES string of the molecule is CCC1c2cc(F)ccc2CCC1CN. The van der Waals surface area contributed by atoms with Crippen molar-refractivity contribution in [2.75, 3.05) is 6.54 Å². The zero-order valence-corrected chi connectivity index (χ0v) is 9.17. The molecule has 0 amide bonds. The van der Waals surface area contributed by atoms with Gasteiger partial charge in [-0.2, -0.15) is 0 Å². The van der Waals surface area contributed by atoms with Crippen LogP contribution < -0.4 is 5.73 Å². The van der Waals surface area contributed by atoms with Gasteiger partial charge in [-0.3, -0.25) is 0 Å². The van der Waals surface area contributed by atoms with Gasteiger partial charge < -0.3 is 5.73 Å². The van der Waals surface area contributed by atoms with E-state index in [9.17, 15) is 4.39 Å². The van der Waals surface area contributed by atoms with Gasteiger partial charge in [-0.25, -0.2) is 4.39 Å². The summed E-state index contributed by atoms with van der Waals surface area (Å²) in [7, 11) is 0. The Balaban J connectivity index is 2.39. The highest BCUT2D eigenvalue weighted by molar-refractivity contribution is 5.34. The second kappa shape index (κ2) is 4.31. The van der Waals surface area contributed by atoms with Crippen molar-refractivity contribution in [1.82, 2.24) is 0 Å². The third-order valence-corrected chi connectivity index (χ3v) is 3.60. The van der Waals surface area contributed by atoms with Crippen LogP contribution in [0.1, 0.15) is 36.8 Å². The maximum atomic E-state index is 13.2. The molecule has 0 aromatic heterocycles. The van der Waals surface area contributed by atoms with Crippen LogP contribution in [0.5, 0.6) is 0 Å². The van der Waals surface area contributed by atoms with Gasteiger partial charge in [0.25, 0.3) is 0 Å². The van der Waals surface area contributed by atoms with Gasteiger partial charge in [0.15, 0.2) is 0 Å². The van der Waals surface area contributed by atoms with Crippen LogP contribution in [-0.4, -0.2) is 6.54 Å². The van der Waals surface area contributed by atoms with Crippen molar-refractivity contribution in [3.8, 4) is 0 Å². The number of rotatable bonds is 2. The molecule has 82 valence electrons. The number of hydrogen-bond acceptors (Lipinski definition) is 1. The summed E-state index contributed by atoms with van der Waals surface area (Å²) in [5.74, 6) is 0.864. The Morgan fingerprint density at radius 1 is 1.47 bits per heavy atom. The molecule has 2 rings (SSSR count). The highest BCUT2D eigenvalue weighted by Crippen LogP contribution is 2.38. The van der Waals surface area contributed by atoms with E-state index in [1.165, 1.54) is 11.1 Å². The molecule has 0 fully saturated rings. The fourth-order valence-electron chi connectivity index (χ4n) is 2.77. The van der Waals surface area contributed by atoms with Crippen LogP contribution in [-0.2, 0) is 6.42 Å². The predicted octanol–water partition coefficient (Wildman–Crippen LogP) is 2.84. The van der Waals surface area contributed by atoms with Crippen molar-refractivity contribution in [3.05, 3.63) is 35.1 Å². The highest BCUT2D eigenvalue weighted by Gasteiger charge is 2.27. The molecule has 0 heterocycles. The summed E-state index contributed by atoms with van der Waals surface area (Å²) in [6, 6.07) is 5.19. The monoisotopic (exact) mass is 207 g/mol. The van der Waals surface area contributed by atoms with E-state index in [1.54, 1.807) is 12.1 Å². The molecular weight excluding hydrogens is 189 g/mol. The summed E-state index contributed by atoms with van der Waals surface area (Å²) >= 11 is 0. The first kappa shape index (κ1) is 10.6. The number of fused-ring (bicyclic) bond motifs is 1. The summed E-state index contributed by atoms with van der Waals surface area (Å²) in [5.41, 5.74) is 8.28. The number of benzene rings is 1.